The Kier molecular flexibility index (Phi) is 3.36. The van der Waals surface area contributed by atoms with Gasteiger partial charge in [-0.05, 0) is 19.1 Å². The van der Waals surface area contributed by atoms with E-state index in [-0.39, 0.29) is 5.82 Å². The molecule has 3 N–H and O–H groups in total. The van der Waals surface area contributed by atoms with Gasteiger partial charge < -0.3 is 11.1 Å². The van der Waals surface area contributed by atoms with Crippen LogP contribution in [0, 0.1) is 0 Å². The number of nitrogens with two attached hydrogens (primary N) is 1. The van der Waals surface area contributed by atoms with Gasteiger partial charge in [-0.25, -0.2) is 4.98 Å². The molecule has 1 amide bonds. The van der Waals surface area contributed by atoms with E-state index in [9.17, 15) is 18.0 Å². The predicted octanol–water partition coefficient (Wildman–Crippen LogP) is 1.39. The third kappa shape index (κ3) is 3.11. The maximum atomic E-state index is 12.3. The molecule has 0 bridgehead atoms. The highest BCUT2D eigenvalue weighted by molar-refractivity contribution is 5.82. The van der Waals surface area contributed by atoms with Crippen molar-refractivity contribution < 1.29 is 18.0 Å². The molecule has 0 aromatic carbocycles. The van der Waals surface area contributed by atoms with Crippen LogP contribution in [-0.4, -0.2) is 16.9 Å². The molecule has 0 saturated carbocycles. The molecule has 1 rings (SSSR count). The number of hydrogen-bond donors (Lipinski definition) is 2. The quantitative estimate of drug-likeness (QED) is 0.828. The summed E-state index contributed by atoms with van der Waals surface area (Å²) in [5.41, 5.74) is 4.12. The minimum absolute atomic E-state index is 0.0406. The van der Waals surface area contributed by atoms with Gasteiger partial charge in [0.1, 0.15) is 11.9 Å². The highest BCUT2D eigenvalue weighted by Gasteiger charge is 2.30. The molecule has 0 saturated heterocycles. The van der Waals surface area contributed by atoms with Crippen LogP contribution < -0.4 is 11.1 Å². The van der Waals surface area contributed by atoms with Crippen LogP contribution in [0.2, 0.25) is 0 Å². The number of nitrogens with one attached hydrogen (secondary N) is 1. The summed E-state index contributed by atoms with van der Waals surface area (Å²) in [6.07, 6.45) is -3.42. The van der Waals surface area contributed by atoms with Crippen molar-refractivity contribution in [1.82, 2.24) is 4.98 Å². The fraction of sp³-hybridized carbons (Fsp3) is 0.333. The van der Waals surface area contributed by atoms with E-state index >= 15 is 0 Å². The molecule has 1 aromatic rings. The van der Waals surface area contributed by atoms with Gasteiger partial charge in [-0.2, -0.15) is 13.2 Å². The maximum absolute atomic E-state index is 12.3. The van der Waals surface area contributed by atoms with Gasteiger partial charge in [-0.15, -0.1) is 0 Å². The number of hydrogen-bond acceptors (Lipinski definition) is 3. The van der Waals surface area contributed by atoms with E-state index in [0.717, 1.165) is 18.3 Å². The Morgan fingerprint density at radius 1 is 1.56 bits per heavy atom. The number of primary amides is 1. The molecule has 88 valence electrons. The summed E-state index contributed by atoms with van der Waals surface area (Å²) in [4.78, 5) is 14.4. The lowest BCUT2D eigenvalue weighted by Crippen LogP contribution is -2.32. The van der Waals surface area contributed by atoms with Crippen molar-refractivity contribution >= 4 is 11.7 Å². The topological polar surface area (TPSA) is 68.0 Å². The second kappa shape index (κ2) is 4.38. The Bertz CT molecular complexity index is 392. The van der Waals surface area contributed by atoms with Crippen LogP contribution in [0.15, 0.2) is 18.3 Å². The van der Waals surface area contributed by atoms with Gasteiger partial charge in [-0.1, -0.05) is 0 Å². The monoisotopic (exact) mass is 233 g/mol. The Labute approximate surface area is 89.7 Å². The number of aromatic nitrogens is 1. The summed E-state index contributed by atoms with van der Waals surface area (Å²) in [6.45, 7) is 1.43. The van der Waals surface area contributed by atoms with Crippen LogP contribution in [0.3, 0.4) is 0 Å². The summed E-state index contributed by atoms with van der Waals surface area (Å²) in [5, 5.41) is 2.47. The third-order valence-corrected chi connectivity index (χ3v) is 1.88. The van der Waals surface area contributed by atoms with Gasteiger partial charge in [0.2, 0.25) is 5.91 Å². The highest BCUT2D eigenvalue weighted by Crippen LogP contribution is 2.29. The van der Waals surface area contributed by atoms with Crippen LogP contribution in [-0.2, 0) is 11.0 Å². The molecule has 0 fully saturated rings. The van der Waals surface area contributed by atoms with E-state index < -0.39 is 23.7 Å². The first-order valence-electron chi connectivity index (χ1n) is 4.40. The molecule has 16 heavy (non-hydrogen) atoms. The summed E-state index contributed by atoms with van der Waals surface area (Å²) >= 11 is 0. The summed E-state index contributed by atoms with van der Waals surface area (Å²) < 4.78 is 37.0. The number of alkyl halides is 3. The average molecular weight is 233 g/mol. The van der Waals surface area contributed by atoms with Gasteiger partial charge >= 0.3 is 6.18 Å². The molecular formula is C9H10F3N3O. The van der Waals surface area contributed by atoms with E-state index in [1.165, 1.54) is 6.92 Å². The Hall–Kier alpha value is -1.79. The zero-order valence-corrected chi connectivity index (χ0v) is 8.38. The van der Waals surface area contributed by atoms with Crippen molar-refractivity contribution in [2.45, 2.75) is 19.1 Å². The fourth-order valence-electron chi connectivity index (χ4n) is 0.979. The molecule has 0 aliphatic rings. The molecule has 0 radical (unpaired) electrons. The first kappa shape index (κ1) is 12.3. The van der Waals surface area contributed by atoms with E-state index in [0.29, 0.717) is 0 Å². The standard InChI is InChI=1S/C9H10F3N3O/c1-5(8(13)16)15-7-4-6(2-3-14-7)9(10,11)12/h2-5H,1H3,(H2,13,16)(H,14,15). The molecule has 0 aliphatic heterocycles. The van der Waals surface area contributed by atoms with Gasteiger partial charge in [0.25, 0.3) is 0 Å². The number of amides is 1. The fourth-order valence-corrected chi connectivity index (χ4v) is 0.979. The van der Waals surface area contributed by atoms with E-state index in [4.69, 9.17) is 5.73 Å². The third-order valence-electron chi connectivity index (χ3n) is 1.88. The lowest BCUT2D eigenvalue weighted by Gasteiger charge is -2.12. The number of nitrogens with zero attached hydrogens (tertiary/aromatic N) is 1. The van der Waals surface area contributed by atoms with Gasteiger partial charge in [-0.3, -0.25) is 4.79 Å². The van der Waals surface area contributed by atoms with Crippen molar-refractivity contribution in [3.8, 4) is 0 Å². The summed E-state index contributed by atoms with van der Waals surface area (Å²) in [7, 11) is 0. The smallest absolute Gasteiger partial charge is 0.368 e. The number of carbonyl (C=O) groups excluding carboxylic acids is 1. The maximum Gasteiger partial charge on any atom is 0.416 e. The molecule has 1 atom stereocenters. The average Bonchev–Trinajstić information content (AvgIpc) is 2.16. The van der Waals surface area contributed by atoms with Crippen molar-refractivity contribution in [1.29, 1.82) is 0 Å². The largest absolute Gasteiger partial charge is 0.416 e. The van der Waals surface area contributed by atoms with E-state index in [1.807, 2.05) is 0 Å². The van der Waals surface area contributed by atoms with Gasteiger partial charge in [0, 0.05) is 6.20 Å². The normalized spacial score (nSPS) is 13.2. The second-order valence-electron chi connectivity index (χ2n) is 3.20. The van der Waals surface area contributed by atoms with Gasteiger partial charge in [0.05, 0.1) is 5.56 Å². The van der Waals surface area contributed by atoms with Crippen molar-refractivity contribution in [3.05, 3.63) is 23.9 Å². The van der Waals surface area contributed by atoms with Crippen LogP contribution in [0.25, 0.3) is 0 Å². The lowest BCUT2D eigenvalue weighted by molar-refractivity contribution is -0.137. The molecule has 1 heterocycles. The first-order valence-corrected chi connectivity index (χ1v) is 4.40. The zero-order chi connectivity index (χ0) is 12.3. The molecule has 7 heteroatoms. The van der Waals surface area contributed by atoms with Gasteiger partial charge in [0.15, 0.2) is 0 Å². The Morgan fingerprint density at radius 2 is 2.19 bits per heavy atom. The number of halogens is 3. The SMILES string of the molecule is CC(Nc1cc(C(F)(F)F)ccn1)C(N)=O. The Balaban J connectivity index is 2.87. The molecule has 0 spiro atoms. The van der Waals surface area contributed by atoms with Crippen molar-refractivity contribution in [3.63, 3.8) is 0 Å². The highest BCUT2D eigenvalue weighted by atomic mass is 19.4. The number of rotatable bonds is 3. The van der Waals surface area contributed by atoms with Crippen molar-refractivity contribution in [2.75, 3.05) is 5.32 Å². The first-order chi connectivity index (χ1) is 7.30. The molecule has 1 aromatic heterocycles. The number of anilines is 1. The molecule has 0 aliphatic carbocycles. The van der Waals surface area contributed by atoms with Crippen LogP contribution >= 0.6 is 0 Å². The molecule has 4 nitrogen and oxygen atoms in total. The van der Waals surface area contributed by atoms with Crippen LogP contribution in [0.5, 0.6) is 0 Å². The second-order valence-corrected chi connectivity index (χ2v) is 3.20. The van der Waals surface area contributed by atoms with E-state index in [1.54, 1.807) is 0 Å². The van der Waals surface area contributed by atoms with Crippen LogP contribution in [0.4, 0.5) is 19.0 Å². The number of pyridine rings is 1. The molecule has 1 unspecified atom stereocenters. The minimum Gasteiger partial charge on any atom is -0.368 e. The van der Waals surface area contributed by atoms with E-state index in [2.05, 4.69) is 10.3 Å². The number of carbonyl (C=O) groups is 1. The molecular weight excluding hydrogens is 223 g/mol. The van der Waals surface area contributed by atoms with Crippen LogP contribution in [0.1, 0.15) is 12.5 Å². The minimum atomic E-state index is -4.44. The van der Waals surface area contributed by atoms with Crippen molar-refractivity contribution in [2.24, 2.45) is 5.73 Å². The predicted molar refractivity (Wildman–Crippen MR) is 51.5 cm³/mol. The summed E-state index contributed by atoms with van der Waals surface area (Å²) in [5.74, 6) is -0.708. The zero-order valence-electron chi connectivity index (χ0n) is 8.38. The summed E-state index contributed by atoms with van der Waals surface area (Å²) in [6, 6.07) is 0.885. The lowest BCUT2D eigenvalue weighted by atomic mass is 10.2. The Morgan fingerprint density at radius 3 is 2.69 bits per heavy atom.